The van der Waals surface area contributed by atoms with E-state index in [0.29, 0.717) is 12.8 Å². The highest BCUT2D eigenvalue weighted by Crippen LogP contribution is 2.03. The molecule has 4 N–H and O–H groups in total. The van der Waals surface area contributed by atoms with Gasteiger partial charge in [0.15, 0.2) is 0 Å². The molecule has 0 radical (unpaired) electrons. The maximum Gasteiger partial charge on any atom is 0.237 e. The third-order valence-corrected chi connectivity index (χ3v) is 2.83. The van der Waals surface area contributed by atoms with Gasteiger partial charge in [-0.15, -0.1) is 0 Å². The number of rotatable bonds is 7. The highest BCUT2D eigenvalue weighted by molar-refractivity contribution is 5.81. The van der Waals surface area contributed by atoms with Crippen molar-refractivity contribution in [3.8, 4) is 0 Å². The first kappa shape index (κ1) is 14.7. The second kappa shape index (κ2) is 7.84. The molecule has 2 atom stereocenters. The van der Waals surface area contributed by atoms with E-state index >= 15 is 0 Å². The minimum absolute atomic E-state index is 0.0838. The molecule has 1 rings (SSSR count). The Morgan fingerprint density at radius 3 is 2.61 bits per heavy atom. The normalized spacial score (nSPS) is 13.9. The second-order valence-corrected chi connectivity index (χ2v) is 4.47. The molecule has 100 valence electrons. The van der Waals surface area contributed by atoms with E-state index in [1.54, 1.807) is 0 Å². The van der Waals surface area contributed by atoms with Crippen LogP contribution in [0.1, 0.15) is 25.3 Å². The van der Waals surface area contributed by atoms with E-state index < -0.39 is 6.04 Å². The smallest absolute Gasteiger partial charge is 0.237 e. The van der Waals surface area contributed by atoms with Gasteiger partial charge in [-0.25, -0.2) is 0 Å². The van der Waals surface area contributed by atoms with Crippen molar-refractivity contribution >= 4 is 5.91 Å². The van der Waals surface area contributed by atoms with E-state index in [1.165, 1.54) is 0 Å². The number of aliphatic hydroxyl groups excluding tert-OH is 1. The monoisotopic (exact) mass is 250 g/mol. The molecule has 0 aliphatic carbocycles. The van der Waals surface area contributed by atoms with Gasteiger partial charge < -0.3 is 16.2 Å². The summed E-state index contributed by atoms with van der Waals surface area (Å²) in [5, 5.41) is 12.1. The van der Waals surface area contributed by atoms with Gasteiger partial charge in [-0.1, -0.05) is 43.7 Å². The van der Waals surface area contributed by atoms with Crippen LogP contribution >= 0.6 is 0 Å². The maximum atomic E-state index is 11.7. The number of hydrogen-bond donors (Lipinski definition) is 3. The van der Waals surface area contributed by atoms with Crippen LogP contribution in [0.25, 0.3) is 0 Å². The third kappa shape index (κ3) is 4.85. The fraction of sp³-hybridized carbons (Fsp3) is 0.500. The van der Waals surface area contributed by atoms with E-state index in [4.69, 9.17) is 5.73 Å². The number of nitrogens with one attached hydrogen (secondary N) is 1. The van der Waals surface area contributed by atoms with Crippen molar-refractivity contribution in [3.63, 3.8) is 0 Å². The van der Waals surface area contributed by atoms with Crippen LogP contribution in [0.3, 0.4) is 0 Å². The van der Waals surface area contributed by atoms with Gasteiger partial charge in [-0.3, -0.25) is 4.79 Å². The van der Waals surface area contributed by atoms with Crippen molar-refractivity contribution < 1.29 is 9.90 Å². The molecular formula is C14H22N2O2. The summed E-state index contributed by atoms with van der Waals surface area (Å²) in [5.41, 5.74) is 6.81. The average Bonchev–Trinajstić information content (AvgIpc) is 2.39. The molecule has 0 aliphatic rings. The standard InChI is InChI=1S/C14H22N2O2/c1-2-6-13(15)14(18)16-12(10-17)9-11-7-4-3-5-8-11/h3-5,7-8,12-13,17H,2,6,9-10,15H2,1H3,(H,16,18)/t12?,13-/m1/s1. The van der Waals surface area contributed by atoms with Gasteiger partial charge in [0.05, 0.1) is 18.7 Å². The first-order chi connectivity index (χ1) is 8.67. The van der Waals surface area contributed by atoms with E-state index in [0.717, 1.165) is 12.0 Å². The zero-order chi connectivity index (χ0) is 13.4. The average molecular weight is 250 g/mol. The van der Waals surface area contributed by atoms with Crippen molar-refractivity contribution in [1.82, 2.24) is 5.32 Å². The molecule has 0 aliphatic heterocycles. The summed E-state index contributed by atoms with van der Waals surface area (Å²) < 4.78 is 0. The van der Waals surface area contributed by atoms with Crippen LogP contribution in [0, 0.1) is 0 Å². The van der Waals surface area contributed by atoms with E-state index in [-0.39, 0.29) is 18.6 Å². The third-order valence-electron chi connectivity index (χ3n) is 2.83. The zero-order valence-electron chi connectivity index (χ0n) is 10.8. The molecule has 1 amide bonds. The molecule has 1 aromatic carbocycles. The van der Waals surface area contributed by atoms with Crippen LogP contribution in [0.2, 0.25) is 0 Å². The van der Waals surface area contributed by atoms with Crippen LogP contribution in [0.4, 0.5) is 0 Å². The summed E-state index contributed by atoms with van der Waals surface area (Å²) in [6.07, 6.45) is 2.15. The number of amides is 1. The molecule has 18 heavy (non-hydrogen) atoms. The highest BCUT2D eigenvalue weighted by atomic mass is 16.3. The molecule has 0 heterocycles. The second-order valence-electron chi connectivity index (χ2n) is 4.47. The number of aliphatic hydroxyl groups is 1. The van der Waals surface area contributed by atoms with Crippen LogP contribution in [0.5, 0.6) is 0 Å². The zero-order valence-corrected chi connectivity index (χ0v) is 10.8. The van der Waals surface area contributed by atoms with Gasteiger partial charge in [0.1, 0.15) is 0 Å². The van der Waals surface area contributed by atoms with Crippen molar-refractivity contribution in [3.05, 3.63) is 35.9 Å². The molecule has 0 fully saturated rings. The summed E-state index contributed by atoms with van der Waals surface area (Å²) in [4.78, 5) is 11.7. The number of carbonyl (C=O) groups excluding carboxylic acids is 1. The van der Waals surface area contributed by atoms with Crippen molar-refractivity contribution in [1.29, 1.82) is 0 Å². The lowest BCUT2D eigenvalue weighted by molar-refractivity contribution is -0.123. The van der Waals surface area contributed by atoms with Crippen molar-refractivity contribution in [2.75, 3.05) is 6.61 Å². The Labute approximate surface area is 108 Å². The lowest BCUT2D eigenvalue weighted by Crippen LogP contribution is -2.47. The molecule has 0 bridgehead atoms. The fourth-order valence-corrected chi connectivity index (χ4v) is 1.81. The Kier molecular flexibility index (Phi) is 6.39. The van der Waals surface area contributed by atoms with E-state index in [2.05, 4.69) is 5.32 Å². The number of benzene rings is 1. The topological polar surface area (TPSA) is 75.4 Å². The minimum Gasteiger partial charge on any atom is -0.394 e. The molecular weight excluding hydrogens is 228 g/mol. The lowest BCUT2D eigenvalue weighted by Gasteiger charge is -2.19. The molecule has 0 saturated heterocycles. The summed E-state index contributed by atoms with van der Waals surface area (Å²) >= 11 is 0. The first-order valence-corrected chi connectivity index (χ1v) is 6.38. The van der Waals surface area contributed by atoms with Gasteiger partial charge >= 0.3 is 0 Å². The number of carbonyl (C=O) groups is 1. The molecule has 4 heteroatoms. The van der Waals surface area contributed by atoms with Crippen LogP contribution in [0.15, 0.2) is 30.3 Å². The molecule has 0 saturated carbocycles. The number of hydrogen-bond acceptors (Lipinski definition) is 3. The first-order valence-electron chi connectivity index (χ1n) is 6.38. The SMILES string of the molecule is CCC[C@@H](N)C(=O)NC(CO)Cc1ccccc1. The van der Waals surface area contributed by atoms with Gasteiger partial charge in [-0.05, 0) is 18.4 Å². The Morgan fingerprint density at radius 1 is 1.39 bits per heavy atom. The maximum absolute atomic E-state index is 11.7. The fourth-order valence-electron chi connectivity index (χ4n) is 1.81. The van der Waals surface area contributed by atoms with Crippen LogP contribution in [-0.2, 0) is 11.2 Å². The number of nitrogens with two attached hydrogens (primary N) is 1. The van der Waals surface area contributed by atoms with Crippen LogP contribution in [-0.4, -0.2) is 29.7 Å². The summed E-state index contributed by atoms with van der Waals surface area (Å²) in [7, 11) is 0. The van der Waals surface area contributed by atoms with Gasteiger partial charge in [0.2, 0.25) is 5.91 Å². The summed E-state index contributed by atoms with van der Waals surface area (Å²) in [6, 6.07) is 9.00. The van der Waals surface area contributed by atoms with E-state index in [9.17, 15) is 9.90 Å². The van der Waals surface area contributed by atoms with Gasteiger partial charge in [-0.2, -0.15) is 0 Å². The van der Waals surface area contributed by atoms with Gasteiger partial charge in [0.25, 0.3) is 0 Å². The Balaban J connectivity index is 2.49. The van der Waals surface area contributed by atoms with Crippen molar-refractivity contribution in [2.24, 2.45) is 5.73 Å². The summed E-state index contributed by atoms with van der Waals surface area (Å²) in [6.45, 7) is 1.90. The quantitative estimate of drug-likeness (QED) is 0.671. The predicted molar refractivity (Wildman–Crippen MR) is 72.0 cm³/mol. The highest BCUT2D eigenvalue weighted by Gasteiger charge is 2.17. The molecule has 0 aromatic heterocycles. The van der Waals surface area contributed by atoms with E-state index in [1.807, 2.05) is 37.3 Å². The lowest BCUT2D eigenvalue weighted by atomic mass is 10.1. The van der Waals surface area contributed by atoms with Crippen LogP contribution < -0.4 is 11.1 Å². The van der Waals surface area contributed by atoms with Gasteiger partial charge in [0, 0.05) is 0 Å². The molecule has 4 nitrogen and oxygen atoms in total. The molecule has 1 unspecified atom stereocenters. The minimum atomic E-state index is -0.486. The largest absolute Gasteiger partial charge is 0.394 e. The Morgan fingerprint density at radius 2 is 2.06 bits per heavy atom. The Bertz CT molecular complexity index is 354. The summed E-state index contributed by atoms with van der Waals surface area (Å²) in [5.74, 6) is -0.188. The molecule has 1 aromatic rings. The Hall–Kier alpha value is -1.39. The molecule has 0 spiro atoms. The van der Waals surface area contributed by atoms with Crippen molar-refractivity contribution in [2.45, 2.75) is 38.3 Å². The predicted octanol–water partition coefficient (Wildman–Crippen LogP) is 0.834.